The van der Waals surface area contributed by atoms with E-state index in [1.165, 1.54) is 0 Å². The molecule has 0 spiro atoms. The lowest BCUT2D eigenvalue weighted by atomic mass is 9.95. The van der Waals surface area contributed by atoms with Crippen molar-refractivity contribution in [3.63, 3.8) is 0 Å². The van der Waals surface area contributed by atoms with Gasteiger partial charge in [-0.1, -0.05) is 23.4 Å². The molecule has 2 aromatic heterocycles. The molecular formula is C19H20N4O2. The maximum absolute atomic E-state index is 13.0. The maximum Gasteiger partial charge on any atom is 0.254 e. The molecule has 1 fully saturated rings. The highest BCUT2D eigenvalue weighted by Crippen LogP contribution is 2.36. The lowest BCUT2D eigenvalue weighted by molar-refractivity contribution is 0.0606. The predicted molar refractivity (Wildman–Crippen MR) is 92.9 cm³/mol. The van der Waals surface area contributed by atoms with Crippen molar-refractivity contribution in [2.45, 2.75) is 32.2 Å². The average Bonchev–Trinajstić information content (AvgIpc) is 3.30. The number of carbonyl (C=O) groups is 1. The molecule has 1 aromatic carbocycles. The molecule has 3 aromatic rings. The molecule has 1 saturated heterocycles. The molecule has 1 amide bonds. The smallest absolute Gasteiger partial charge is 0.254 e. The van der Waals surface area contributed by atoms with Gasteiger partial charge in [-0.15, -0.1) is 0 Å². The summed E-state index contributed by atoms with van der Waals surface area (Å²) in [5.74, 6) is 0.735. The average molecular weight is 336 g/mol. The minimum absolute atomic E-state index is 0.0376. The van der Waals surface area contributed by atoms with Gasteiger partial charge in [-0.3, -0.25) is 9.89 Å². The molecule has 128 valence electrons. The monoisotopic (exact) mass is 336 g/mol. The van der Waals surface area contributed by atoms with E-state index in [9.17, 15) is 4.79 Å². The highest BCUT2D eigenvalue weighted by Gasteiger charge is 2.32. The third kappa shape index (κ3) is 2.95. The summed E-state index contributed by atoms with van der Waals surface area (Å²) >= 11 is 0. The summed E-state index contributed by atoms with van der Waals surface area (Å²) in [6.07, 6.45) is 4.74. The summed E-state index contributed by atoms with van der Waals surface area (Å²) < 4.78 is 5.41. The van der Waals surface area contributed by atoms with Gasteiger partial charge in [0.15, 0.2) is 5.76 Å². The number of nitrogens with zero attached hydrogens (tertiary/aromatic N) is 3. The van der Waals surface area contributed by atoms with Crippen LogP contribution in [-0.2, 0) is 0 Å². The van der Waals surface area contributed by atoms with Crippen LogP contribution < -0.4 is 0 Å². The first-order valence-corrected chi connectivity index (χ1v) is 8.57. The van der Waals surface area contributed by atoms with Crippen molar-refractivity contribution in [1.29, 1.82) is 0 Å². The van der Waals surface area contributed by atoms with Crippen LogP contribution in [0.25, 0.3) is 11.3 Å². The van der Waals surface area contributed by atoms with Gasteiger partial charge in [0.2, 0.25) is 0 Å². The van der Waals surface area contributed by atoms with E-state index >= 15 is 0 Å². The number of carbonyl (C=O) groups excluding carboxylic acids is 1. The third-order valence-electron chi connectivity index (χ3n) is 4.68. The molecule has 0 unspecified atom stereocenters. The zero-order chi connectivity index (χ0) is 17.2. The van der Waals surface area contributed by atoms with Crippen molar-refractivity contribution in [3.05, 3.63) is 59.5 Å². The minimum Gasteiger partial charge on any atom is -0.356 e. The van der Waals surface area contributed by atoms with E-state index in [1.54, 1.807) is 6.20 Å². The zero-order valence-corrected chi connectivity index (χ0v) is 14.1. The number of hydrogen-bond donors (Lipinski definition) is 1. The highest BCUT2D eigenvalue weighted by atomic mass is 16.5. The summed E-state index contributed by atoms with van der Waals surface area (Å²) in [6.45, 7) is 2.63. The van der Waals surface area contributed by atoms with Crippen molar-refractivity contribution in [3.8, 4) is 11.3 Å². The molecule has 1 aliphatic rings. The number of aromatic nitrogens is 3. The summed E-state index contributed by atoms with van der Waals surface area (Å²) in [4.78, 5) is 15.0. The lowest BCUT2D eigenvalue weighted by Gasteiger charge is -2.35. The Balaban J connectivity index is 1.69. The second-order valence-electron chi connectivity index (χ2n) is 6.41. The fourth-order valence-corrected chi connectivity index (χ4v) is 3.46. The molecule has 4 rings (SSSR count). The second-order valence-corrected chi connectivity index (χ2v) is 6.41. The normalized spacial score (nSPS) is 17.6. The first-order chi connectivity index (χ1) is 12.2. The van der Waals surface area contributed by atoms with Crippen molar-refractivity contribution in [2.75, 3.05) is 6.54 Å². The fourth-order valence-electron chi connectivity index (χ4n) is 3.46. The van der Waals surface area contributed by atoms with E-state index in [0.29, 0.717) is 11.3 Å². The van der Waals surface area contributed by atoms with Crippen LogP contribution in [0.1, 0.15) is 47.1 Å². The largest absolute Gasteiger partial charge is 0.356 e. The lowest BCUT2D eigenvalue weighted by Crippen LogP contribution is -2.38. The van der Waals surface area contributed by atoms with E-state index in [-0.39, 0.29) is 11.9 Å². The highest BCUT2D eigenvalue weighted by molar-refractivity contribution is 5.94. The number of H-pyrrole nitrogens is 1. The Kier molecular flexibility index (Phi) is 4.09. The topological polar surface area (TPSA) is 75.0 Å². The van der Waals surface area contributed by atoms with Gasteiger partial charge in [0.05, 0.1) is 29.2 Å². The number of aromatic amines is 1. The first-order valence-electron chi connectivity index (χ1n) is 8.57. The first kappa shape index (κ1) is 15.6. The Morgan fingerprint density at radius 2 is 2.12 bits per heavy atom. The molecule has 1 N–H and O–H groups in total. The van der Waals surface area contributed by atoms with E-state index in [4.69, 9.17) is 4.52 Å². The van der Waals surface area contributed by atoms with Gasteiger partial charge in [-0.05, 0) is 38.3 Å². The maximum atomic E-state index is 13.0. The summed E-state index contributed by atoms with van der Waals surface area (Å²) in [5.41, 5.74) is 3.33. The number of aryl methyl sites for hydroxylation is 1. The van der Waals surface area contributed by atoms with Gasteiger partial charge < -0.3 is 9.42 Å². The molecule has 6 heteroatoms. The molecule has 1 aliphatic heterocycles. The Bertz CT molecular complexity index is 868. The van der Waals surface area contributed by atoms with Crippen LogP contribution in [0.5, 0.6) is 0 Å². The fraction of sp³-hybridized carbons (Fsp3) is 0.316. The minimum atomic E-state index is -0.0376. The van der Waals surface area contributed by atoms with E-state index in [2.05, 4.69) is 15.4 Å². The van der Waals surface area contributed by atoms with Crippen molar-refractivity contribution in [2.24, 2.45) is 0 Å². The number of benzene rings is 1. The number of rotatable bonds is 3. The van der Waals surface area contributed by atoms with E-state index < -0.39 is 0 Å². The Labute approximate surface area is 145 Å². The van der Waals surface area contributed by atoms with E-state index in [0.717, 1.165) is 42.8 Å². The standard InChI is InChI=1S/C19H20N4O2/c1-13-11-17(25-22-13)15-12-20-21-18(15)16-9-5-6-10-23(16)19(24)14-7-3-2-4-8-14/h2-4,7-8,11-12,16H,5-6,9-10H2,1H3,(H,20,21)/t16-/m0/s1. The van der Waals surface area contributed by atoms with Crippen LogP contribution >= 0.6 is 0 Å². The molecule has 0 bridgehead atoms. The van der Waals surface area contributed by atoms with Crippen molar-refractivity contribution < 1.29 is 9.32 Å². The Hall–Kier alpha value is -2.89. The van der Waals surface area contributed by atoms with E-state index in [1.807, 2.05) is 48.2 Å². The molecule has 0 radical (unpaired) electrons. The van der Waals surface area contributed by atoms with Gasteiger partial charge >= 0.3 is 0 Å². The van der Waals surface area contributed by atoms with Gasteiger partial charge in [-0.2, -0.15) is 5.10 Å². The summed E-state index contributed by atoms with van der Waals surface area (Å²) in [7, 11) is 0. The van der Waals surface area contributed by atoms with Crippen LogP contribution in [0.2, 0.25) is 0 Å². The summed E-state index contributed by atoms with van der Waals surface area (Å²) in [5, 5.41) is 11.2. The van der Waals surface area contributed by atoms with Gasteiger partial charge in [-0.25, -0.2) is 0 Å². The van der Waals surface area contributed by atoms with Crippen LogP contribution in [-0.4, -0.2) is 32.7 Å². The Morgan fingerprint density at radius 3 is 2.88 bits per heavy atom. The number of likely N-dealkylation sites (tertiary alicyclic amines) is 1. The Morgan fingerprint density at radius 1 is 1.28 bits per heavy atom. The predicted octanol–water partition coefficient (Wildman–Crippen LogP) is 3.74. The molecule has 6 nitrogen and oxygen atoms in total. The third-order valence-corrected chi connectivity index (χ3v) is 4.68. The molecule has 1 atom stereocenters. The second kappa shape index (κ2) is 6.55. The number of piperidine rings is 1. The molecular weight excluding hydrogens is 316 g/mol. The number of amides is 1. The zero-order valence-electron chi connectivity index (χ0n) is 14.1. The van der Waals surface area contributed by atoms with Gasteiger partial charge in [0.25, 0.3) is 5.91 Å². The van der Waals surface area contributed by atoms with Crippen LogP contribution in [0.15, 0.2) is 47.1 Å². The van der Waals surface area contributed by atoms with Crippen molar-refractivity contribution in [1.82, 2.24) is 20.3 Å². The molecule has 25 heavy (non-hydrogen) atoms. The van der Waals surface area contributed by atoms with Crippen LogP contribution in [0.4, 0.5) is 0 Å². The van der Waals surface area contributed by atoms with Crippen molar-refractivity contribution >= 4 is 5.91 Å². The van der Waals surface area contributed by atoms with Gasteiger partial charge in [0.1, 0.15) is 0 Å². The number of nitrogens with one attached hydrogen (secondary N) is 1. The molecule has 0 saturated carbocycles. The quantitative estimate of drug-likeness (QED) is 0.790. The van der Waals surface area contributed by atoms with Crippen LogP contribution in [0.3, 0.4) is 0 Å². The number of hydrogen-bond acceptors (Lipinski definition) is 4. The van der Waals surface area contributed by atoms with Gasteiger partial charge in [0, 0.05) is 18.2 Å². The molecule has 3 heterocycles. The molecule has 0 aliphatic carbocycles. The van der Waals surface area contributed by atoms with Crippen LogP contribution in [0, 0.1) is 6.92 Å². The SMILES string of the molecule is Cc1cc(-c2cn[nH]c2[C@@H]2CCCCN2C(=O)c2ccccc2)on1. The summed E-state index contributed by atoms with van der Waals surface area (Å²) in [6, 6.07) is 11.3.